The molecule has 17 heavy (non-hydrogen) atoms. The highest BCUT2D eigenvalue weighted by Crippen LogP contribution is 1.98. The molecule has 0 aromatic heterocycles. The van der Waals surface area contributed by atoms with E-state index in [0.717, 1.165) is 12.8 Å². The molecule has 4 heteroatoms. The highest BCUT2D eigenvalue weighted by molar-refractivity contribution is 5.84. The summed E-state index contributed by atoms with van der Waals surface area (Å²) in [5.41, 5.74) is 0.176. The molecule has 0 aromatic rings. The molecule has 0 unspecified atom stereocenters. The maximum absolute atomic E-state index is 10.5. The molecule has 0 aliphatic heterocycles. The molecule has 0 bridgehead atoms. The van der Waals surface area contributed by atoms with Crippen LogP contribution in [0.1, 0.15) is 39.5 Å². The predicted molar refractivity (Wildman–Crippen MR) is 67.7 cm³/mol. The number of unbranched alkanes of at least 4 members (excludes halogenated alkanes) is 3. The Morgan fingerprint density at radius 3 is 2.18 bits per heavy atom. The van der Waals surface area contributed by atoms with Crippen LogP contribution in [0.4, 0.5) is 0 Å². The second-order valence-electron chi connectivity index (χ2n) is 3.52. The third kappa shape index (κ3) is 17.1. The molecule has 0 saturated carbocycles. The molecule has 98 valence electrons. The van der Waals surface area contributed by atoms with Crippen LogP contribution in [0.3, 0.4) is 0 Å². The van der Waals surface area contributed by atoms with Gasteiger partial charge in [-0.1, -0.05) is 39.3 Å². The first-order valence-corrected chi connectivity index (χ1v) is 5.63. The van der Waals surface area contributed by atoms with E-state index < -0.39 is 5.97 Å². The third-order valence-electron chi connectivity index (χ3n) is 1.77. The highest BCUT2D eigenvalue weighted by Gasteiger charge is 1.93. The molecular weight excluding hydrogens is 220 g/mol. The second kappa shape index (κ2) is 12.5. The first-order valence-electron chi connectivity index (χ1n) is 5.63. The number of carbonyl (C=O) groups excluding carboxylic acids is 1. The summed E-state index contributed by atoms with van der Waals surface area (Å²) in [6.07, 6.45) is 5.72. The molecule has 0 spiro atoms. The van der Waals surface area contributed by atoms with E-state index in [1.54, 1.807) is 0 Å². The molecule has 0 rings (SSSR count). The van der Waals surface area contributed by atoms with Gasteiger partial charge in [0.2, 0.25) is 0 Å². The van der Waals surface area contributed by atoms with E-state index in [4.69, 9.17) is 9.84 Å². The topological polar surface area (TPSA) is 63.6 Å². The van der Waals surface area contributed by atoms with Crippen molar-refractivity contribution in [1.29, 1.82) is 0 Å². The Labute approximate surface area is 103 Å². The zero-order valence-electron chi connectivity index (χ0n) is 10.7. The molecule has 0 aliphatic carbocycles. The van der Waals surface area contributed by atoms with E-state index in [1.807, 2.05) is 0 Å². The number of hydrogen-bond donors (Lipinski definition) is 1. The molecule has 0 radical (unpaired) electrons. The van der Waals surface area contributed by atoms with Crippen LogP contribution in [0.2, 0.25) is 0 Å². The Balaban J connectivity index is 0. The number of esters is 1. The molecule has 1 N–H and O–H groups in total. The van der Waals surface area contributed by atoms with Gasteiger partial charge in [0.1, 0.15) is 0 Å². The summed E-state index contributed by atoms with van der Waals surface area (Å²) in [7, 11) is 0. The lowest BCUT2D eigenvalue weighted by atomic mass is 10.2. The summed E-state index contributed by atoms with van der Waals surface area (Å²) in [5, 5.41) is 7.89. The normalized spacial score (nSPS) is 8.59. The summed E-state index contributed by atoms with van der Waals surface area (Å²) < 4.78 is 4.78. The Hall–Kier alpha value is -1.58. The zero-order valence-corrected chi connectivity index (χ0v) is 10.7. The summed E-state index contributed by atoms with van der Waals surface area (Å²) >= 11 is 0. The first-order chi connectivity index (χ1) is 7.95. The Bertz CT molecular complexity index is 244. The molecule has 0 aromatic carbocycles. The minimum Gasteiger partial charge on any atom is -0.478 e. The van der Waals surface area contributed by atoms with Gasteiger partial charge in [-0.2, -0.15) is 0 Å². The molecule has 0 fully saturated rings. The van der Waals surface area contributed by atoms with Crippen molar-refractivity contribution in [3.05, 3.63) is 24.8 Å². The Morgan fingerprint density at radius 2 is 1.82 bits per heavy atom. The van der Waals surface area contributed by atoms with E-state index in [1.165, 1.54) is 25.8 Å². The molecule has 4 nitrogen and oxygen atoms in total. The van der Waals surface area contributed by atoms with Crippen LogP contribution in [0.5, 0.6) is 0 Å². The van der Waals surface area contributed by atoms with E-state index in [9.17, 15) is 9.59 Å². The number of carboxylic acid groups (broad SMARTS) is 1. The van der Waals surface area contributed by atoms with E-state index in [2.05, 4.69) is 20.1 Å². The Morgan fingerprint density at radius 1 is 1.29 bits per heavy atom. The fraction of sp³-hybridized carbons (Fsp3) is 0.538. The lowest BCUT2D eigenvalue weighted by Gasteiger charge is -1.99. The van der Waals surface area contributed by atoms with E-state index in [0.29, 0.717) is 6.61 Å². The quantitative estimate of drug-likeness (QED) is 0.423. The van der Waals surface area contributed by atoms with Crippen molar-refractivity contribution in [2.24, 2.45) is 0 Å². The van der Waals surface area contributed by atoms with Crippen LogP contribution in [0.25, 0.3) is 0 Å². The molecule has 0 heterocycles. The van der Waals surface area contributed by atoms with Gasteiger partial charge in [0.15, 0.2) is 0 Å². The van der Waals surface area contributed by atoms with Crippen LogP contribution < -0.4 is 0 Å². The van der Waals surface area contributed by atoms with Crippen LogP contribution in [-0.2, 0) is 14.3 Å². The number of rotatable bonds is 7. The monoisotopic (exact) mass is 242 g/mol. The van der Waals surface area contributed by atoms with Crippen LogP contribution in [-0.4, -0.2) is 23.7 Å². The molecule has 0 aliphatic rings. The summed E-state index contributed by atoms with van der Waals surface area (Å²) in [5.74, 6) is -1.25. The average molecular weight is 242 g/mol. The van der Waals surface area contributed by atoms with Crippen molar-refractivity contribution < 1.29 is 19.4 Å². The van der Waals surface area contributed by atoms with Gasteiger partial charge >= 0.3 is 11.9 Å². The van der Waals surface area contributed by atoms with Gasteiger partial charge in [0.05, 0.1) is 6.61 Å². The Kier molecular flexibility index (Phi) is 13.1. The van der Waals surface area contributed by atoms with E-state index >= 15 is 0 Å². The molecular formula is C13H22O4. The maximum atomic E-state index is 10.5. The molecule has 0 amide bonds. The minimum atomic E-state index is -0.935. The van der Waals surface area contributed by atoms with Crippen LogP contribution in [0.15, 0.2) is 24.8 Å². The van der Waals surface area contributed by atoms with Gasteiger partial charge in [-0.25, -0.2) is 9.59 Å². The minimum absolute atomic E-state index is 0.176. The zero-order chi connectivity index (χ0) is 13.7. The van der Waals surface area contributed by atoms with Crippen molar-refractivity contribution in [1.82, 2.24) is 0 Å². The second-order valence-corrected chi connectivity index (χ2v) is 3.52. The third-order valence-corrected chi connectivity index (χ3v) is 1.77. The summed E-state index contributed by atoms with van der Waals surface area (Å²) in [4.78, 5) is 20.1. The van der Waals surface area contributed by atoms with Crippen LogP contribution >= 0.6 is 0 Å². The summed E-state index contributed by atoms with van der Waals surface area (Å²) in [6, 6.07) is 0. The SMILES string of the molecule is C=C(C)C(=O)O.C=CC(=O)OCCCCCC. The predicted octanol–water partition coefficient (Wildman–Crippen LogP) is 2.94. The molecule has 0 saturated heterocycles. The number of ether oxygens (including phenoxy) is 1. The lowest BCUT2D eigenvalue weighted by Crippen LogP contribution is -2.01. The van der Waals surface area contributed by atoms with Gasteiger partial charge in [0.25, 0.3) is 0 Å². The maximum Gasteiger partial charge on any atom is 0.330 e. The van der Waals surface area contributed by atoms with Crippen molar-refractivity contribution in [3.63, 3.8) is 0 Å². The standard InChI is InChI=1S/C9H16O2.C4H6O2/c1-3-5-6-7-8-11-9(10)4-2;1-3(2)4(5)6/h4H,2-3,5-8H2,1H3;1H2,2H3,(H,5,6). The number of carbonyl (C=O) groups is 2. The van der Waals surface area contributed by atoms with Crippen molar-refractivity contribution in [3.8, 4) is 0 Å². The number of aliphatic carboxylic acids is 1. The van der Waals surface area contributed by atoms with Crippen molar-refractivity contribution in [2.75, 3.05) is 6.61 Å². The van der Waals surface area contributed by atoms with Gasteiger partial charge in [-0.3, -0.25) is 0 Å². The van der Waals surface area contributed by atoms with Crippen molar-refractivity contribution >= 4 is 11.9 Å². The highest BCUT2D eigenvalue weighted by atomic mass is 16.5. The van der Waals surface area contributed by atoms with E-state index in [-0.39, 0.29) is 11.5 Å². The fourth-order valence-corrected chi connectivity index (χ4v) is 0.761. The van der Waals surface area contributed by atoms with Gasteiger partial charge in [0, 0.05) is 11.6 Å². The summed E-state index contributed by atoms with van der Waals surface area (Å²) in [6.45, 7) is 10.6. The smallest absolute Gasteiger partial charge is 0.330 e. The van der Waals surface area contributed by atoms with Gasteiger partial charge in [-0.15, -0.1) is 0 Å². The number of hydrogen-bond acceptors (Lipinski definition) is 3. The fourth-order valence-electron chi connectivity index (χ4n) is 0.761. The van der Waals surface area contributed by atoms with Gasteiger partial charge in [-0.05, 0) is 13.3 Å². The largest absolute Gasteiger partial charge is 0.478 e. The number of carboxylic acids is 1. The average Bonchev–Trinajstić information content (AvgIpc) is 2.29. The molecule has 0 atom stereocenters. The van der Waals surface area contributed by atoms with Crippen molar-refractivity contribution in [2.45, 2.75) is 39.5 Å². The van der Waals surface area contributed by atoms with Crippen LogP contribution in [0, 0.1) is 0 Å². The first kappa shape index (κ1) is 17.8. The lowest BCUT2D eigenvalue weighted by molar-refractivity contribution is -0.138. The van der Waals surface area contributed by atoms with Gasteiger partial charge < -0.3 is 9.84 Å².